The third-order valence-electron chi connectivity index (χ3n) is 4.13. The molecule has 0 saturated heterocycles. The van der Waals surface area contributed by atoms with Crippen molar-refractivity contribution >= 4 is 5.78 Å². The van der Waals surface area contributed by atoms with Crippen LogP contribution in [0.2, 0.25) is 0 Å². The van der Waals surface area contributed by atoms with Crippen LogP contribution < -0.4 is 4.74 Å². The molecule has 2 nitrogen and oxygen atoms in total. The molecular weight excluding hydrogens is 248 g/mol. The van der Waals surface area contributed by atoms with E-state index in [0.717, 1.165) is 37.2 Å². The molecule has 1 aliphatic carbocycles. The molecule has 2 rings (SSSR count). The molecule has 0 aromatic heterocycles. The van der Waals surface area contributed by atoms with E-state index in [2.05, 4.69) is 6.92 Å². The maximum absolute atomic E-state index is 12.4. The first kappa shape index (κ1) is 15.1. The van der Waals surface area contributed by atoms with Crippen molar-refractivity contribution in [2.75, 3.05) is 6.61 Å². The highest BCUT2D eigenvalue weighted by atomic mass is 16.5. The molecule has 1 aromatic rings. The summed E-state index contributed by atoms with van der Waals surface area (Å²) in [7, 11) is 0. The van der Waals surface area contributed by atoms with Gasteiger partial charge in [0.1, 0.15) is 5.75 Å². The normalized spacial score (nSPS) is 16.1. The average Bonchev–Trinajstić information content (AvgIpc) is 2.52. The summed E-state index contributed by atoms with van der Waals surface area (Å²) in [5.74, 6) is 1.45. The highest BCUT2D eigenvalue weighted by Gasteiger charge is 2.22. The van der Waals surface area contributed by atoms with Gasteiger partial charge in [-0.1, -0.05) is 39.0 Å². The fourth-order valence-electron chi connectivity index (χ4n) is 2.86. The van der Waals surface area contributed by atoms with Gasteiger partial charge in [0.25, 0.3) is 0 Å². The van der Waals surface area contributed by atoms with Crippen LogP contribution in [0.15, 0.2) is 24.3 Å². The zero-order valence-corrected chi connectivity index (χ0v) is 12.6. The van der Waals surface area contributed by atoms with Crippen molar-refractivity contribution in [2.45, 2.75) is 58.3 Å². The summed E-state index contributed by atoms with van der Waals surface area (Å²) >= 11 is 0. The first-order valence-electron chi connectivity index (χ1n) is 8.08. The Morgan fingerprint density at radius 3 is 2.45 bits per heavy atom. The van der Waals surface area contributed by atoms with E-state index in [0.29, 0.717) is 5.78 Å². The summed E-state index contributed by atoms with van der Waals surface area (Å²) < 4.78 is 5.68. The predicted molar refractivity (Wildman–Crippen MR) is 82.4 cm³/mol. The van der Waals surface area contributed by atoms with Gasteiger partial charge in [-0.15, -0.1) is 0 Å². The standard InChI is InChI=1S/C18H26O2/c1-2-3-7-14-20-17-12-10-16(11-13-17)18(19)15-8-5-4-6-9-15/h10-13,15H,2-9,14H2,1H3. The number of hydrogen-bond donors (Lipinski definition) is 0. The molecule has 0 amide bonds. The summed E-state index contributed by atoms with van der Waals surface area (Å²) in [5, 5.41) is 0. The smallest absolute Gasteiger partial charge is 0.165 e. The number of ether oxygens (including phenoxy) is 1. The summed E-state index contributed by atoms with van der Waals surface area (Å²) in [6.07, 6.45) is 9.33. The Hall–Kier alpha value is -1.31. The summed E-state index contributed by atoms with van der Waals surface area (Å²) in [4.78, 5) is 12.4. The van der Waals surface area contributed by atoms with Crippen molar-refractivity contribution in [3.8, 4) is 5.75 Å². The molecule has 1 fully saturated rings. The van der Waals surface area contributed by atoms with Crippen LogP contribution in [0.5, 0.6) is 5.75 Å². The van der Waals surface area contributed by atoms with Gasteiger partial charge in [0.15, 0.2) is 5.78 Å². The van der Waals surface area contributed by atoms with E-state index < -0.39 is 0 Å². The minimum absolute atomic E-state index is 0.250. The minimum atomic E-state index is 0.250. The molecule has 0 heterocycles. The van der Waals surface area contributed by atoms with E-state index >= 15 is 0 Å². The van der Waals surface area contributed by atoms with Gasteiger partial charge in [-0.2, -0.15) is 0 Å². The average molecular weight is 274 g/mol. The second-order valence-corrected chi connectivity index (χ2v) is 5.78. The van der Waals surface area contributed by atoms with Crippen molar-refractivity contribution in [1.29, 1.82) is 0 Å². The molecule has 0 bridgehead atoms. The molecule has 0 spiro atoms. The monoisotopic (exact) mass is 274 g/mol. The van der Waals surface area contributed by atoms with Crippen molar-refractivity contribution in [2.24, 2.45) is 5.92 Å². The molecule has 0 unspecified atom stereocenters. The van der Waals surface area contributed by atoms with E-state index in [-0.39, 0.29) is 5.92 Å². The van der Waals surface area contributed by atoms with Crippen LogP contribution in [-0.2, 0) is 0 Å². The quantitative estimate of drug-likeness (QED) is 0.515. The molecule has 0 atom stereocenters. The SMILES string of the molecule is CCCCCOc1ccc(C(=O)C2CCCCC2)cc1. The Bertz CT molecular complexity index is 402. The van der Waals surface area contributed by atoms with Crippen molar-refractivity contribution in [3.63, 3.8) is 0 Å². The van der Waals surface area contributed by atoms with Crippen LogP contribution >= 0.6 is 0 Å². The Labute approximate surface area is 122 Å². The number of hydrogen-bond acceptors (Lipinski definition) is 2. The topological polar surface area (TPSA) is 26.3 Å². The Balaban J connectivity index is 1.85. The molecule has 0 radical (unpaired) electrons. The number of unbranched alkanes of at least 4 members (excludes halogenated alkanes) is 2. The maximum atomic E-state index is 12.4. The lowest BCUT2D eigenvalue weighted by Gasteiger charge is -2.20. The van der Waals surface area contributed by atoms with Crippen LogP contribution in [0.3, 0.4) is 0 Å². The third-order valence-corrected chi connectivity index (χ3v) is 4.13. The highest BCUT2D eigenvalue weighted by molar-refractivity contribution is 5.97. The first-order valence-corrected chi connectivity index (χ1v) is 8.08. The van der Waals surface area contributed by atoms with Gasteiger partial charge in [0.2, 0.25) is 0 Å². The predicted octanol–water partition coefficient (Wildman–Crippen LogP) is 5.02. The fraction of sp³-hybridized carbons (Fsp3) is 0.611. The van der Waals surface area contributed by atoms with E-state index in [1.165, 1.54) is 32.1 Å². The number of benzene rings is 1. The second-order valence-electron chi connectivity index (χ2n) is 5.78. The summed E-state index contributed by atoms with van der Waals surface area (Å²) in [6, 6.07) is 7.71. The van der Waals surface area contributed by atoms with Crippen molar-refractivity contribution in [1.82, 2.24) is 0 Å². The van der Waals surface area contributed by atoms with Gasteiger partial charge < -0.3 is 4.74 Å². The second kappa shape index (κ2) is 8.08. The van der Waals surface area contributed by atoms with E-state index in [1.54, 1.807) is 0 Å². The zero-order chi connectivity index (χ0) is 14.2. The third kappa shape index (κ3) is 4.36. The molecule has 2 heteroatoms. The Kier molecular flexibility index (Phi) is 6.10. The summed E-state index contributed by atoms with van der Waals surface area (Å²) in [6.45, 7) is 2.95. The largest absolute Gasteiger partial charge is 0.494 e. The number of rotatable bonds is 7. The Morgan fingerprint density at radius 1 is 1.10 bits per heavy atom. The number of ketones is 1. The van der Waals surface area contributed by atoms with Gasteiger partial charge in [0, 0.05) is 11.5 Å². The number of Topliss-reactive ketones (excluding diaryl/α,β-unsaturated/α-hetero) is 1. The lowest BCUT2D eigenvalue weighted by molar-refractivity contribution is 0.0889. The zero-order valence-electron chi connectivity index (χ0n) is 12.6. The van der Waals surface area contributed by atoms with Crippen molar-refractivity contribution < 1.29 is 9.53 Å². The maximum Gasteiger partial charge on any atom is 0.165 e. The molecular formula is C18H26O2. The van der Waals surface area contributed by atoms with E-state index in [4.69, 9.17) is 4.74 Å². The van der Waals surface area contributed by atoms with Crippen LogP contribution in [0.4, 0.5) is 0 Å². The molecule has 1 aliphatic rings. The van der Waals surface area contributed by atoms with Gasteiger partial charge in [-0.3, -0.25) is 4.79 Å². The molecule has 20 heavy (non-hydrogen) atoms. The number of carbonyl (C=O) groups is 1. The Morgan fingerprint density at radius 2 is 1.80 bits per heavy atom. The van der Waals surface area contributed by atoms with E-state index in [9.17, 15) is 4.79 Å². The van der Waals surface area contributed by atoms with Crippen LogP contribution in [-0.4, -0.2) is 12.4 Å². The summed E-state index contributed by atoms with van der Waals surface area (Å²) in [5.41, 5.74) is 0.845. The highest BCUT2D eigenvalue weighted by Crippen LogP contribution is 2.27. The molecule has 0 N–H and O–H groups in total. The lowest BCUT2D eigenvalue weighted by Crippen LogP contribution is -2.17. The van der Waals surface area contributed by atoms with Gasteiger partial charge >= 0.3 is 0 Å². The lowest BCUT2D eigenvalue weighted by atomic mass is 9.84. The van der Waals surface area contributed by atoms with Crippen LogP contribution in [0.1, 0.15) is 68.6 Å². The van der Waals surface area contributed by atoms with Crippen molar-refractivity contribution in [3.05, 3.63) is 29.8 Å². The first-order chi connectivity index (χ1) is 9.81. The van der Waals surface area contributed by atoms with E-state index in [1.807, 2.05) is 24.3 Å². The molecule has 1 aromatic carbocycles. The molecule has 1 saturated carbocycles. The fourth-order valence-corrected chi connectivity index (χ4v) is 2.86. The molecule has 0 aliphatic heterocycles. The van der Waals surface area contributed by atoms with Gasteiger partial charge in [-0.25, -0.2) is 0 Å². The van der Waals surface area contributed by atoms with Crippen LogP contribution in [0, 0.1) is 5.92 Å². The minimum Gasteiger partial charge on any atom is -0.494 e. The number of carbonyl (C=O) groups excluding carboxylic acids is 1. The van der Waals surface area contributed by atoms with Gasteiger partial charge in [0.05, 0.1) is 6.61 Å². The van der Waals surface area contributed by atoms with Gasteiger partial charge in [-0.05, 0) is 43.5 Å². The van der Waals surface area contributed by atoms with Crippen LogP contribution in [0.25, 0.3) is 0 Å². The molecule has 110 valence electrons.